The fraction of sp³-hybridized carbons (Fsp3) is 0.667. The minimum atomic E-state index is -0.979. The third-order valence-corrected chi connectivity index (χ3v) is 3.02. The smallest absolute Gasteiger partial charge is 0.326 e. The van der Waals surface area contributed by atoms with E-state index in [1.54, 1.807) is 0 Å². The quantitative estimate of drug-likeness (QED) is 0.638. The van der Waals surface area contributed by atoms with E-state index in [4.69, 9.17) is 11.5 Å². The van der Waals surface area contributed by atoms with Crippen molar-refractivity contribution in [1.82, 2.24) is 10.6 Å². The maximum absolute atomic E-state index is 11.4. The number of urea groups is 1. The molecule has 1 aliphatic carbocycles. The lowest BCUT2D eigenvalue weighted by atomic mass is 9.84. The van der Waals surface area contributed by atoms with Gasteiger partial charge in [0.25, 0.3) is 0 Å². The second kappa shape index (κ2) is 6.79. The standard InChI is InChI=1S/C12H18N2O3/c1-2-8-13-12(17)14-10(11(15)16)9-6-4-3-5-7-9/h1,9-10H,3-8H2,(H,15,16)(H2,13,14,17). The molecule has 1 saturated carbocycles. The Kier molecular flexibility index (Phi) is 5.34. The fourth-order valence-corrected chi connectivity index (χ4v) is 2.17. The highest BCUT2D eigenvalue weighted by Gasteiger charge is 2.30. The van der Waals surface area contributed by atoms with Gasteiger partial charge in [-0.15, -0.1) is 6.42 Å². The van der Waals surface area contributed by atoms with E-state index in [1.807, 2.05) is 0 Å². The van der Waals surface area contributed by atoms with E-state index in [1.165, 1.54) is 0 Å². The third-order valence-electron chi connectivity index (χ3n) is 3.02. The summed E-state index contributed by atoms with van der Waals surface area (Å²) in [6.45, 7) is 0.100. The number of nitrogens with one attached hydrogen (secondary N) is 2. The Morgan fingerprint density at radius 2 is 2.00 bits per heavy atom. The van der Waals surface area contributed by atoms with E-state index in [9.17, 15) is 9.59 Å². The van der Waals surface area contributed by atoms with Crippen LogP contribution in [0.1, 0.15) is 32.1 Å². The molecule has 17 heavy (non-hydrogen) atoms. The summed E-state index contributed by atoms with van der Waals surface area (Å²) in [5.41, 5.74) is 0. The molecule has 1 aliphatic rings. The zero-order valence-corrected chi connectivity index (χ0v) is 9.74. The van der Waals surface area contributed by atoms with Crippen LogP contribution in [0.2, 0.25) is 0 Å². The summed E-state index contributed by atoms with van der Waals surface area (Å²) in [7, 11) is 0. The van der Waals surface area contributed by atoms with Crippen LogP contribution in [0.25, 0.3) is 0 Å². The van der Waals surface area contributed by atoms with Crippen molar-refractivity contribution in [3.8, 4) is 12.3 Å². The van der Waals surface area contributed by atoms with Crippen molar-refractivity contribution in [2.75, 3.05) is 6.54 Å². The number of aliphatic carboxylic acids is 1. The highest BCUT2D eigenvalue weighted by atomic mass is 16.4. The predicted molar refractivity (Wildman–Crippen MR) is 63.4 cm³/mol. The van der Waals surface area contributed by atoms with Gasteiger partial charge in [-0.1, -0.05) is 25.2 Å². The zero-order chi connectivity index (χ0) is 12.7. The van der Waals surface area contributed by atoms with Crippen LogP contribution in [-0.2, 0) is 4.79 Å². The Balaban J connectivity index is 2.50. The van der Waals surface area contributed by atoms with Crippen molar-refractivity contribution in [2.45, 2.75) is 38.1 Å². The predicted octanol–water partition coefficient (Wildman–Crippen LogP) is 0.952. The minimum absolute atomic E-state index is 0.0258. The average Bonchev–Trinajstić information content (AvgIpc) is 2.34. The molecule has 1 atom stereocenters. The number of carboxylic acids is 1. The monoisotopic (exact) mass is 238 g/mol. The van der Waals surface area contributed by atoms with Gasteiger partial charge in [0.1, 0.15) is 6.04 Å². The summed E-state index contributed by atoms with van der Waals surface area (Å²) < 4.78 is 0. The van der Waals surface area contributed by atoms with Crippen LogP contribution in [0.5, 0.6) is 0 Å². The van der Waals surface area contributed by atoms with Crippen molar-refractivity contribution in [3.63, 3.8) is 0 Å². The molecule has 0 aromatic carbocycles. The Labute approximate surface area is 101 Å². The van der Waals surface area contributed by atoms with Crippen LogP contribution in [0, 0.1) is 18.3 Å². The number of rotatable bonds is 4. The van der Waals surface area contributed by atoms with Gasteiger partial charge < -0.3 is 15.7 Å². The number of terminal acetylenes is 1. The van der Waals surface area contributed by atoms with E-state index < -0.39 is 18.0 Å². The fourth-order valence-electron chi connectivity index (χ4n) is 2.17. The SMILES string of the molecule is C#CCNC(=O)NC(C(=O)O)C1CCCCC1. The van der Waals surface area contributed by atoms with Crippen LogP contribution in [-0.4, -0.2) is 29.7 Å². The minimum Gasteiger partial charge on any atom is -0.480 e. The van der Waals surface area contributed by atoms with Crippen molar-refractivity contribution < 1.29 is 14.7 Å². The molecule has 3 N–H and O–H groups in total. The molecule has 0 bridgehead atoms. The Bertz CT molecular complexity index is 316. The third kappa shape index (κ3) is 4.35. The molecular formula is C12H18N2O3. The molecule has 0 spiro atoms. The highest BCUT2D eigenvalue weighted by Crippen LogP contribution is 2.26. The van der Waals surface area contributed by atoms with E-state index in [0.29, 0.717) is 0 Å². The maximum atomic E-state index is 11.4. The van der Waals surface area contributed by atoms with Crippen LogP contribution >= 0.6 is 0 Å². The van der Waals surface area contributed by atoms with Crippen molar-refractivity contribution in [3.05, 3.63) is 0 Å². The van der Waals surface area contributed by atoms with Gasteiger partial charge in [-0.3, -0.25) is 0 Å². The molecule has 0 aromatic heterocycles. The van der Waals surface area contributed by atoms with Crippen molar-refractivity contribution in [2.24, 2.45) is 5.92 Å². The van der Waals surface area contributed by atoms with Gasteiger partial charge in [0.05, 0.1) is 6.54 Å². The number of hydrogen-bond acceptors (Lipinski definition) is 2. The molecule has 1 rings (SSSR count). The molecular weight excluding hydrogens is 220 g/mol. The van der Waals surface area contributed by atoms with Gasteiger partial charge in [0, 0.05) is 0 Å². The van der Waals surface area contributed by atoms with E-state index in [-0.39, 0.29) is 12.5 Å². The number of carboxylic acid groups (broad SMARTS) is 1. The molecule has 0 saturated heterocycles. The van der Waals surface area contributed by atoms with Gasteiger partial charge in [0.15, 0.2) is 0 Å². The number of carbonyl (C=O) groups excluding carboxylic acids is 1. The first-order valence-electron chi connectivity index (χ1n) is 5.85. The number of carbonyl (C=O) groups is 2. The largest absolute Gasteiger partial charge is 0.480 e. The van der Waals surface area contributed by atoms with Crippen LogP contribution in [0.3, 0.4) is 0 Å². The first-order chi connectivity index (χ1) is 8.15. The van der Waals surface area contributed by atoms with Crippen LogP contribution < -0.4 is 10.6 Å². The zero-order valence-electron chi connectivity index (χ0n) is 9.74. The number of hydrogen-bond donors (Lipinski definition) is 3. The molecule has 0 aliphatic heterocycles. The normalized spacial score (nSPS) is 17.8. The topological polar surface area (TPSA) is 78.4 Å². The first kappa shape index (κ1) is 13.4. The van der Waals surface area contributed by atoms with Gasteiger partial charge in [0.2, 0.25) is 0 Å². The molecule has 5 heteroatoms. The first-order valence-corrected chi connectivity index (χ1v) is 5.85. The van der Waals surface area contributed by atoms with E-state index in [0.717, 1.165) is 32.1 Å². The van der Waals surface area contributed by atoms with Gasteiger partial charge in [-0.05, 0) is 18.8 Å². The molecule has 0 radical (unpaired) electrons. The van der Waals surface area contributed by atoms with E-state index >= 15 is 0 Å². The summed E-state index contributed by atoms with van der Waals surface area (Å²) in [5.74, 6) is 1.31. The summed E-state index contributed by atoms with van der Waals surface area (Å²) in [4.78, 5) is 22.5. The Morgan fingerprint density at radius 3 is 2.53 bits per heavy atom. The Morgan fingerprint density at radius 1 is 1.35 bits per heavy atom. The van der Waals surface area contributed by atoms with Crippen molar-refractivity contribution in [1.29, 1.82) is 0 Å². The number of amides is 2. The molecule has 2 amide bonds. The lowest BCUT2D eigenvalue weighted by Crippen LogP contribution is -2.50. The lowest BCUT2D eigenvalue weighted by Gasteiger charge is -2.27. The van der Waals surface area contributed by atoms with Crippen LogP contribution in [0.4, 0.5) is 4.79 Å². The van der Waals surface area contributed by atoms with Gasteiger partial charge in [-0.2, -0.15) is 0 Å². The molecule has 0 aromatic rings. The van der Waals surface area contributed by atoms with E-state index in [2.05, 4.69) is 16.6 Å². The summed E-state index contributed by atoms with van der Waals surface area (Å²) in [5, 5.41) is 14.0. The molecule has 94 valence electrons. The second-order valence-corrected chi connectivity index (χ2v) is 4.25. The second-order valence-electron chi connectivity index (χ2n) is 4.25. The lowest BCUT2D eigenvalue weighted by molar-refractivity contribution is -0.141. The molecule has 1 fully saturated rings. The average molecular weight is 238 g/mol. The molecule has 5 nitrogen and oxygen atoms in total. The van der Waals surface area contributed by atoms with Gasteiger partial charge in [-0.25, -0.2) is 9.59 Å². The summed E-state index contributed by atoms with van der Waals surface area (Å²) in [6, 6.07) is -1.33. The summed E-state index contributed by atoms with van der Waals surface area (Å²) >= 11 is 0. The van der Waals surface area contributed by atoms with Gasteiger partial charge >= 0.3 is 12.0 Å². The van der Waals surface area contributed by atoms with Crippen LogP contribution in [0.15, 0.2) is 0 Å². The molecule has 1 unspecified atom stereocenters. The van der Waals surface area contributed by atoms with Crippen molar-refractivity contribution >= 4 is 12.0 Å². The maximum Gasteiger partial charge on any atom is 0.326 e. The Hall–Kier alpha value is -1.70. The summed E-state index contributed by atoms with van der Waals surface area (Å²) in [6.07, 6.45) is 9.91. The highest BCUT2D eigenvalue weighted by molar-refractivity contribution is 5.82. The molecule has 0 heterocycles.